The molecule has 0 N–H and O–H groups in total. The lowest BCUT2D eigenvalue weighted by atomic mass is 10.1. The summed E-state index contributed by atoms with van der Waals surface area (Å²) in [6, 6.07) is 2.05. The average Bonchev–Trinajstić information content (AvgIpc) is 2.30. The smallest absolute Gasteiger partial charge is 0.338 e. The lowest BCUT2D eigenvalue weighted by Crippen LogP contribution is -2.20. The molecule has 1 unspecified atom stereocenters. The minimum Gasteiger partial charge on any atom is -0.457 e. The first-order chi connectivity index (χ1) is 9.16. The van der Waals surface area contributed by atoms with E-state index in [1.54, 1.807) is 6.92 Å². The molecule has 0 aliphatic carbocycles. The van der Waals surface area contributed by atoms with Gasteiger partial charge in [-0.1, -0.05) is 0 Å². The van der Waals surface area contributed by atoms with E-state index in [0.29, 0.717) is 0 Å². The van der Waals surface area contributed by atoms with E-state index < -0.39 is 31.8 Å². The van der Waals surface area contributed by atoms with Crippen molar-refractivity contribution < 1.29 is 27.1 Å². The van der Waals surface area contributed by atoms with Crippen LogP contribution < -0.4 is 0 Å². The highest BCUT2D eigenvalue weighted by Gasteiger charge is 2.22. The molecule has 112 valence electrons. The highest BCUT2D eigenvalue weighted by atomic mass is 35.7. The fourth-order valence-corrected chi connectivity index (χ4v) is 2.53. The van der Waals surface area contributed by atoms with Crippen LogP contribution in [0.4, 0.5) is 4.39 Å². The fraction of sp³-hybridized carbons (Fsp3) is 0.417. The largest absolute Gasteiger partial charge is 0.457 e. The Morgan fingerprint density at radius 3 is 2.55 bits per heavy atom. The van der Waals surface area contributed by atoms with E-state index >= 15 is 0 Å². The molecule has 1 aromatic carbocycles. The first-order valence-corrected chi connectivity index (χ1v) is 7.92. The van der Waals surface area contributed by atoms with Crippen molar-refractivity contribution in [2.75, 3.05) is 13.7 Å². The Labute approximate surface area is 121 Å². The zero-order valence-corrected chi connectivity index (χ0v) is 12.7. The van der Waals surface area contributed by atoms with Gasteiger partial charge in [0.25, 0.3) is 9.05 Å². The van der Waals surface area contributed by atoms with E-state index in [2.05, 4.69) is 0 Å². The molecule has 5 nitrogen and oxygen atoms in total. The van der Waals surface area contributed by atoms with Crippen molar-refractivity contribution in [3.63, 3.8) is 0 Å². The van der Waals surface area contributed by atoms with E-state index in [4.69, 9.17) is 20.2 Å². The van der Waals surface area contributed by atoms with Crippen molar-refractivity contribution in [1.29, 1.82) is 0 Å². The first-order valence-electron chi connectivity index (χ1n) is 5.61. The third kappa shape index (κ3) is 4.16. The lowest BCUT2D eigenvalue weighted by Gasteiger charge is -2.13. The van der Waals surface area contributed by atoms with Crippen LogP contribution >= 0.6 is 10.7 Å². The molecule has 0 spiro atoms. The molecule has 1 atom stereocenters. The second-order valence-electron chi connectivity index (χ2n) is 4.21. The van der Waals surface area contributed by atoms with Gasteiger partial charge in [-0.05, 0) is 31.5 Å². The number of methoxy groups -OCH3 is 1. The van der Waals surface area contributed by atoms with Crippen LogP contribution in [0.1, 0.15) is 22.8 Å². The van der Waals surface area contributed by atoms with Crippen molar-refractivity contribution in [3.8, 4) is 0 Å². The number of hydrogen-bond donors (Lipinski definition) is 0. The summed E-state index contributed by atoms with van der Waals surface area (Å²) in [5.74, 6) is -1.76. The van der Waals surface area contributed by atoms with Crippen molar-refractivity contribution in [3.05, 3.63) is 29.1 Å². The Bertz CT molecular complexity index is 615. The first kappa shape index (κ1) is 16.9. The summed E-state index contributed by atoms with van der Waals surface area (Å²) in [5, 5.41) is 0. The number of rotatable bonds is 5. The SMILES string of the molecule is COCC(C)OC(=O)c1cc(C)c(F)c(S(=O)(=O)Cl)c1. The number of aryl methyl sites for hydroxylation is 1. The molecular weight excluding hydrogens is 311 g/mol. The van der Waals surface area contributed by atoms with E-state index in [1.807, 2.05) is 0 Å². The lowest BCUT2D eigenvalue weighted by molar-refractivity contribution is 0.0120. The molecule has 0 aliphatic rings. The van der Waals surface area contributed by atoms with Crippen LogP contribution in [0.2, 0.25) is 0 Å². The number of carbonyl (C=O) groups is 1. The topological polar surface area (TPSA) is 69.7 Å². The van der Waals surface area contributed by atoms with Crippen LogP contribution in [0.15, 0.2) is 17.0 Å². The number of halogens is 2. The minimum atomic E-state index is -4.29. The quantitative estimate of drug-likeness (QED) is 0.613. The molecule has 0 heterocycles. The Morgan fingerprint density at radius 2 is 2.05 bits per heavy atom. The van der Waals surface area contributed by atoms with Crippen LogP contribution in [0.3, 0.4) is 0 Å². The molecule has 0 bridgehead atoms. The van der Waals surface area contributed by atoms with Gasteiger partial charge in [-0.2, -0.15) is 0 Å². The zero-order chi connectivity index (χ0) is 15.5. The van der Waals surface area contributed by atoms with E-state index in [1.165, 1.54) is 20.1 Å². The monoisotopic (exact) mass is 324 g/mol. The summed E-state index contributed by atoms with van der Waals surface area (Å²) < 4.78 is 46.0. The molecule has 0 amide bonds. The maximum atomic E-state index is 13.7. The highest BCUT2D eigenvalue weighted by molar-refractivity contribution is 8.13. The Balaban J connectivity index is 3.15. The van der Waals surface area contributed by atoms with Gasteiger partial charge in [-0.3, -0.25) is 0 Å². The maximum Gasteiger partial charge on any atom is 0.338 e. The van der Waals surface area contributed by atoms with Crippen molar-refractivity contribution in [2.24, 2.45) is 0 Å². The highest BCUT2D eigenvalue weighted by Crippen LogP contribution is 2.24. The van der Waals surface area contributed by atoms with Crippen LogP contribution in [0.25, 0.3) is 0 Å². The number of esters is 1. The second kappa shape index (κ2) is 6.51. The Morgan fingerprint density at radius 1 is 1.45 bits per heavy atom. The van der Waals surface area contributed by atoms with Crippen molar-refractivity contribution in [2.45, 2.75) is 24.8 Å². The Kier molecular flexibility index (Phi) is 5.50. The third-order valence-corrected chi connectivity index (χ3v) is 3.75. The standard InChI is InChI=1S/C12H14ClFO5S/c1-7-4-9(12(15)19-8(2)6-18-3)5-10(11(7)14)20(13,16)17/h4-5,8H,6H2,1-3H3. The normalized spacial score (nSPS) is 13.1. The molecular formula is C12H14ClFO5S. The van der Waals surface area contributed by atoms with Crippen LogP contribution in [0, 0.1) is 12.7 Å². The van der Waals surface area contributed by atoms with Gasteiger partial charge in [-0.25, -0.2) is 17.6 Å². The molecule has 0 aromatic heterocycles. The summed E-state index contributed by atoms with van der Waals surface area (Å²) in [6.07, 6.45) is -0.520. The predicted octanol–water partition coefficient (Wildman–Crippen LogP) is 2.25. The summed E-state index contributed by atoms with van der Waals surface area (Å²) in [7, 11) is 2.29. The predicted molar refractivity (Wildman–Crippen MR) is 70.9 cm³/mol. The van der Waals surface area contributed by atoms with Gasteiger partial charge in [0, 0.05) is 17.8 Å². The number of benzene rings is 1. The summed E-state index contributed by atoms with van der Waals surface area (Å²) in [6.45, 7) is 3.12. The summed E-state index contributed by atoms with van der Waals surface area (Å²) >= 11 is 0. The average molecular weight is 325 g/mol. The third-order valence-electron chi connectivity index (χ3n) is 2.43. The number of hydrogen-bond acceptors (Lipinski definition) is 5. The minimum absolute atomic E-state index is 0.0157. The van der Waals surface area contributed by atoms with Gasteiger partial charge in [-0.15, -0.1) is 0 Å². The van der Waals surface area contributed by atoms with Gasteiger partial charge in [0.15, 0.2) is 0 Å². The molecule has 0 aliphatic heterocycles. The fourth-order valence-electron chi connectivity index (χ4n) is 1.55. The molecule has 8 heteroatoms. The van der Waals surface area contributed by atoms with Crippen LogP contribution in [-0.4, -0.2) is 34.2 Å². The van der Waals surface area contributed by atoms with Gasteiger partial charge in [0.1, 0.15) is 16.8 Å². The number of ether oxygens (including phenoxy) is 2. The van der Waals surface area contributed by atoms with E-state index in [0.717, 1.165) is 6.07 Å². The molecule has 0 fully saturated rings. The van der Waals surface area contributed by atoms with Gasteiger partial charge in [0.05, 0.1) is 12.2 Å². The molecule has 1 aromatic rings. The second-order valence-corrected chi connectivity index (χ2v) is 6.75. The van der Waals surface area contributed by atoms with Crippen molar-refractivity contribution >= 4 is 25.7 Å². The van der Waals surface area contributed by atoms with Gasteiger partial charge < -0.3 is 9.47 Å². The summed E-state index contributed by atoms with van der Waals surface area (Å²) in [4.78, 5) is 11.1. The van der Waals surface area contributed by atoms with Crippen molar-refractivity contribution in [1.82, 2.24) is 0 Å². The molecule has 20 heavy (non-hydrogen) atoms. The molecule has 0 saturated carbocycles. The Hall–Kier alpha value is -1.18. The van der Waals surface area contributed by atoms with E-state index in [-0.39, 0.29) is 17.7 Å². The summed E-state index contributed by atoms with van der Waals surface area (Å²) in [5.41, 5.74) is -0.107. The van der Waals surface area contributed by atoms with E-state index in [9.17, 15) is 17.6 Å². The van der Waals surface area contributed by atoms with Gasteiger partial charge >= 0.3 is 5.97 Å². The van der Waals surface area contributed by atoms with Gasteiger partial charge in [0.2, 0.25) is 0 Å². The maximum absolute atomic E-state index is 13.7. The molecule has 1 rings (SSSR count). The zero-order valence-electron chi connectivity index (χ0n) is 11.1. The van der Waals surface area contributed by atoms with Crippen LogP contribution in [0.5, 0.6) is 0 Å². The molecule has 0 saturated heterocycles. The number of carbonyl (C=O) groups excluding carboxylic acids is 1. The molecule has 0 radical (unpaired) electrons. The van der Waals surface area contributed by atoms with Crippen LogP contribution in [-0.2, 0) is 18.5 Å².